The van der Waals surface area contributed by atoms with Gasteiger partial charge in [0.25, 0.3) is 0 Å². The third kappa shape index (κ3) is 8.38. The van der Waals surface area contributed by atoms with Gasteiger partial charge in [-0.3, -0.25) is 4.90 Å². The molecular weight excluding hydrogens is 676 g/mol. The zero-order valence-electron chi connectivity index (χ0n) is 30.0. The van der Waals surface area contributed by atoms with Gasteiger partial charge in [0.2, 0.25) is 0 Å². The lowest BCUT2D eigenvalue weighted by Crippen LogP contribution is -2.68. The van der Waals surface area contributed by atoms with Crippen molar-refractivity contribution in [3.05, 3.63) is 40.5 Å². The fraction of sp³-hybridized carbons (Fsp3) is 0.622. The third-order valence-corrected chi connectivity index (χ3v) is 11.8. The van der Waals surface area contributed by atoms with Gasteiger partial charge in [-0.15, -0.1) is 9.24 Å². The van der Waals surface area contributed by atoms with E-state index in [0.29, 0.717) is 28.9 Å². The van der Waals surface area contributed by atoms with E-state index in [4.69, 9.17) is 17.3 Å². The summed E-state index contributed by atoms with van der Waals surface area (Å²) in [6, 6.07) is 7.73. The number of sulfone groups is 1. The van der Waals surface area contributed by atoms with Gasteiger partial charge in [-0.05, 0) is 76.5 Å². The molecule has 1 aromatic heterocycles. The molecule has 3 fully saturated rings. The fourth-order valence-corrected chi connectivity index (χ4v) is 8.61. The van der Waals surface area contributed by atoms with Gasteiger partial charge in [-0.25, -0.2) is 17.2 Å². The predicted octanol–water partition coefficient (Wildman–Crippen LogP) is 3.43. The number of likely N-dealkylation sites (tertiary alicyclic amines) is 1. The maximum atomic E-state index is 15.0. The summed E-state index contributed by atoms with van der Waals surface area (Å²) < 4.78 is 66.9. The summed E-state index contributed by atoms with van der Waals surface area (Å²) in [4.78, 5) is 7.02. The number of ether oxygens (including phenoxy) is 2. The van der Waals surface area contributed by atoms with Crippen LogP contribution >= 0.6 is 9.24 Å². The Labute approximate surface area is 299 Å². The Balaban J connectivity index is 1.23. The van der Waals surface area contributed by atoms with Crippen LogP contribution in [0.5, 0.6) is 5.75 Å². The average Bonchev–Trinajstić information content (AvgIpc) is 3.33. The van der Waals surface area contributed by atoms with Crippen molar-refractivity contribution in [2.24, 2.45) is 5.41 Å². The number of hydrogen-bond acceptors (Lipinski definition) is 7. The van der Waals surface area contributed by atoms with E-state index in [1.165, 1.54) is 57.6 Å². The number of anilines is 1. The second-order valence-electron chi connectivity index (χ2n) is 15.6. The Morgan fingerprint density at radius 2 is 1.84 bits per heavy atom. The summed E-state index contributed by atoms with van der Waals surface area (Å²) in [6.07, 6.45) is 9.71. The summed E-state index contributed by atoms with van der Waals surface area (Å²) in [5.41, 5.74) is 1.33. The zero-order valence-corrected chi connectivity index (χ0v) is 31.9. The van der Waals surface area contributed by atoms with Crippen molar-refractivity contribution in [1.82, 2.24) is 14.4 Å². The molecule has 13 heteroatoms. The Hall–Kier alpha value is -2.58. The van der Waals surface area contributed by atoms with Crippen LogP contribution in [0.25, 0.3) is 11.8 Å². The highest BCUT2D eigenvalue weighted by molar-refractivity contribution is 7.90. The molecule has 1 saturated carbocycles. The van der Waals surface area contributed by atoms with Crippen LogP contribution in [0.15, 0.2) is 29.2 Å². The van der Waals surface area contributed by atoms with Crippen molar-refractivity contribution < 1.29 is 26.7 Å². The molecule has 50 heavy (non-hydrogen) atoms. The average molecular weight is 727 g/mol. The first-order chi connectivity index (χ1) is 23.4. The molecule has 2 radical (unpaired) electrons. The van der Waals surface area contributed by atoms with E-state index in [1.54, 1.807) is 6.07 Å². The molecule has 2 atom stereocenters. The molecule has 4 aliphatic rings. The van der Waals surface area contributed by atoms with Crippen molar-refractivity contribution in [2.45, 2.75) is 86.9 Å². The van der Waals surface area contributed by atoms with E-state index in [1.807, 2.05) is 16.5 Å². The zero-order chi connectivity index (χ0) is 36.1. The lowest BCUT2D eigenvalue weighted by molar-refractivity contribution is -0.200. The molecule has 2 saturated heterocycles. The number of aromatic nitrogens is 1. The number of hydrogen-bond donors (Lipinski definition) is 0. The molecule has 270 valence electrons. The van der Waals surface area contributed by atoms with Gasteiger partial charge in [-0.1, -0.05) is 12.0 Å². The first-order valence-electron chi connectivity index (χ1n) is 17.5. The van der Waals surface area contributed by atoms with Gasteiger partial charge in [0.15, 0.2) is 9.84 Å². The first kappa shape index (κ1) is 37.2. The first-order valence-corrected chi connectivity index (χ1v) is 20.0. The van der Waals surface area contributed by atoms with Crippen LogP contribution in [0.1, 0.15) is 58.1 Å². The number of fused-ring (bicyclic) bond motifs is 1. The van der Waals surface area contributed by atoms with Gasteiger partial charge in [0, 0.05) is 73.3 Å². The van der Waals surface area contributed by atoms with Gasteiger partial charge in [-0.2, -0.15) is 0 Å². The van der Waals surface area contributed by atoms with Crippen LogP contribution in [0.4, 0.5) is 14.5 Å². The largest absolute Gasteiger partial charge is 0.488 e. The van der Waals surface area contributed by atoms with E-state index in [0.717, 1.165) is 55.7 Å². The lowest BCUT2D eigenvalue weighted by atomic mass is 9.75. The lowest BCUT2D eigenvalue weighted by Gasteiger charge is -2.58. The summed E-state index contributed by atoms with van der Waals surface area (Å²) in [7, 11) is 8.49. The number of alkyl halides is 2. The highest BCUT2D eigenvalue weighted by atomic mass is 32.2. The fourth-order valence-electron chi connectivity index (χ4n) is 7.80. The van der Waals surface area contributed by atoms with Gasteiger partial charge >= 0.3 is 0 Å². The summed E-state index contributed by atoms with van der Waals surface area (Å²) in [6.45, 7) is 6.93. The molecule has 0 amide bonds. The van der Waals surface area contributed by atoms with Crippen LogP contribution in [0.2, 0.25) is 0 Å². The molecular formula is C37H50BF2N4O4PS. The second kappa shape index (κ2) is 14.1. The van der Waals surface area contributed by atoms with Crippen LogP contribution < -0.4 is 20.2 Å². The summed E-state index contributed by atoms with van der Waals surface area (Å²) >= 11 is 0. The topological polar surface area (TPSA) is 67.3 Å². The minimum Gasteiger partial charge on any atom is -0.488 e. The quantitative estimate of drug-likeness (QED) is 0.200. The molecule has 2 aliphatic carbocycles. The highest BCUT2D eigenvalue weighted by Crippen LogP contribution is 2.41. The van der Waals surface area contributed by atoms with E-state index < -0.39 is 20.8 Å². The normalized spacial score (nSPS) is 23.0. The second-order valence-corrected chi connectivity index (χ2v) is 18.5. The summed E-state index contributed by atoms with van der Waals surface area (Å²) in [5, 5.41) is -0.00798. The number of benzene rings is 1. The van der Waals surface area contributed by atoms with Crippen molar-refractivity contribution >= 4 is 44.4 Å². The standard InChI is InChI=1S/C37H50BF2N4O4PS/c1-35(2,39)23-48-34-19-29(50(5,45)46)15-16-33(34)41(3)17-7-8-28-18-30-31(9-6-10-32(30)44(28)22-37(38,40)49)42(4)26-11-13-27(14-12-26)43-20-36(21-43)24-47-25-36/h10,15-16,18-19,26-27H,6,9,11-14,17,20-25,49H2,1-5H3. The Bertz CT molecular complexity index is 1880. The van der Waals surface area contributed by atoms with E-state index >= 15 is 0 Å². The van der Waals surface area contributed by atoms with Crippen LogP contribution in [0.3, 0.4) is 0 Å². The molecule has 2 aliphatic heterocycles. The molecule has 3 heterocycles. The van der Waals surface area contributed by atoms with Crippen molar-refractivity contribution in [2.75, 3.05) is 64.7 Å². The monoisotopic (exact) mass is 726 g/mol. The van der Waals surface area contributed by atoms with Gasteiger partial charge in [0.05, 0.1) is 47.9 Å². The Morgan fingerprint density at radius 3 is 2.44 bits per heavy atom. The Morgan fingerprint density at radius 1 is 1.14 bits per heavy atom. The maximum Gasteiger partial charge on any atom is 0.175 e. The minimum absolute atomic E-state index is 0.0716. The molecule has 6 rings (SSSR count). The molecule has 1 spiro atoms. The number of rotatable bonds is 11. The summed E-state index contributed by atoms with van der Waals surface area (Å²) in [5.74, 6) is 6.74. The third-order valence-electron chi connectivity index (χ3n) is 10.5. The van der Waals surface area contributed by atoms with E-state index in [2.05, 4.69) is 50.1 Å². The van der Waals surface area contributed by atoms with E-state index in [9.17, 15) is 17.2 Å². The maximum absolute atomic E-state index is 15.0. The van der Waals surface area contributed by atoms with Crippen LogP contribution in [-0.2, 0) is 21.1 Å². The van der Waals surface area contributed by atoms with Gasteiger partial charge in [0.1, 0.15) is 25.9 Å². The molecule has 0 N–H and O–H groups in total. The van der Waals surface area contributed by atoms with Crippen LogP contribution in [-0.4, -0.2) is 113 Å². The molecule has 0 bridgehead atoms. The van der Waals surface area contributed by atoms with Gasteiger partial charge < -0.3 is 23.8 Å². The smallest absolute Gasteiger partial charge is 0.175 e. The van der Waals surface area contributed by atoms with Crippen LogP contribution in [0, 0.1) is 17.3 Å². The Kier molecular flexibility index (Phi) is 10.5. The molecule has 1 aromatic carbocycles. The molecule has 2 aromatic rings. The predicted molar refractivity (Wildman–Crippen MR) is 199 cm³/mol. The SMILES string of the molecule is [B]C(F)(P)Cn1c(C#CCN(C)c2ccc(S(C)(=O)=O)cc2OCC(C)(C)F)cc2c1=CCCC=2N(C)C1CCC(N2CC3(COC3)C2)CC1. The number of halogens is 2. The van der Waals surface area contributed by atoms with Crippen molar-refractivity contribution in [1.29, 1.82) is 0 Å². The molecule has 2 unspecified atom stereocenters. The van der Waals surface area contributed by atoms with Crippen molar-refractivity contribution in [3.63, 3.8) is 0 Å². The highest BCUT2D eigenvalue weighted by Gasteiger charge is 2.51. The van der Waals surface area contributed by atoms with E-state index in [-0.39, 0.29) is 30.3 Å². The van der Waals surface area contributed by atoms with Crippen molar-refractivity contribution in [3.8, 4) is 17.6 Å². The molecule has 8 nitrogen and oxygen atoms in total. The minimum atomic E-state index is -3.50. The number of nitrogens with zero attached hydrogens (tertiary/aromatic N) is 4.